The zero-order valence-corrected chi connectivity index (χ0v) is 16.8. The van der Waals surface area contributed by atoms with Crippen LogP contribution in [0.5, 0.6) is 0 Å². The minimum absolute atomic E-state index is 0.191. The highest BCUT2D eigenvalue weighted by molar-refractivity contribution is 7.05. The normalized spacial score (nSPS) is 23.9. The standard InChI is InChI=1S/C19H26N6OS/c1-14-8-21-16(9-20-14)10-25-13-19(6-4-18(25)26)5-3-7-24(12-19)11-17-15(2)22-23-27-17/h8-9H,3-7,10-13H2,1-2H3. The Bertz CT molecular complexity index is 807. The number of carbonyl (C=O) groups is 1. The van der Waals surface area contributed by atoms with E-state index in [0.29, 0.717) is 13.0 Å². The molecule has 1 atom stereocenters. The van der Waals surface area contributed by atoms with Crippen molar-refractivity contribution in [1.82, 2.24) is 29.4 Å². The Hall–Kier alpha value is -1.93. The first-order valence-electron chi connectivity index (χ1n) is 9.59. The van der Waals surface area contributed by atoms with E-state index >= 15 is 0 Å². The minimum Gasteiger partial charge on any atom is -0.336 e. The van der Waals surface area contributed by atoms with Crippen LogP contribution in [-0.2, 0) is 17.9 Å². The average molecular weight is 387 g/mol. The highest BCUT2D eigenvalue weighted by Crippen LogP contribution is 2.39. The lowest BCUT2D eigenvalue weighted by Crippen LogP contribution is -2.53. The topological polar surface area (TPSA) is 75.1 Å². The number of amides is 1. The van der Waals surface area contributed by atoms with Crippen LogP contribution >= 0.6 is 11.5 Å². The summed E-state index contributed by atoms with van der Waals surface area (Å²) >= 11 is 1.50. The molecule has 4 rings (SSSR count). The number of piperidine rings is 2. The lowest BCUT2D eigenvalue weighted by molar-refractivity contribution is -0.140. The van der Waals surface area contributed by atoms with E-state index in [9.17, 15) is 4.79 Å². The van der Waals surface area contributed by atoms with E-state index in [2.05, 4.69) is 24.5 Å². The molecule has 0 N–H and O–H groups in total. The molecule has 2 saturated heterocycles. The Morgan fingerprint density at radius 2 is 2.04 bits per heavy atom. The van der Waals surface area contributed by atoms with Crippen molar-refractivity contribution >= 4 is 17.4 Å². The Morgan fingerprint density at radius 1 is 1.15 bits per heavy atom. The molecule has 2 aliphatic heterocycles. The minimum atomic E-state index is 0.191. The number of aryl methyl sites for hydroxylation is 2. The molecule has 1 amide bonds. The van der Waals surface area contributed by atoms with Crippen molar-refractivity contribution in [2.24, 2.45) is 5.41 Å². The number of carbonyl (C=O) groups excluding carboxylic acids is 1. The van der Waals surface area contributed by atoms with Gasteiger partial charge in [0.05, 0.1) is 34.7 Å². The van der Waals surface area contributed by atoms with Gasteiger partial charge in [-0.1, -0.05) is 4.49 Å². The van der Waals surface area contributed by atoms with Crippen molar-refractivity contribution in [3.8, 4) is 0 Å². The molecule has 0 aromatic carbocycles. The second kappa shape index (κ2) is 7.59. The van der Waals surface area contributed by atoms with Gasteiger partial charge in [0.1, 0.15) is 0 Å². The summed E-state index contributed by atoms with van der Waals surface area (Å²) < 4.78 is 4.07. The van der Waals surface area contributed by atoms with Gasteiger partial charge in [-0.25, -0.2) is 0 Å². The largest absolute Gasteiger partial charge is 0.336 e. The number of hydrogen-bond donors (Lipinski definition) is 0. The zero-order chi connectivity index (χ0) is 18.9. The molecule has 0 aliphatic carbocycles. The summed E-state index contributed by atoms with van der Waals surface area (Å²) in [6, 6.07) is 0. The molecule has 0 saturated carbocycles. The molecule has 0 bridgehead atoms. The summed E-state index contributed by atoms with van der Waals surface area (Å²) in [5.74, 6) is 0.239. The van der Waals surface area contributed by atoms with Crippen molar-refractivity contribution in [2.75, 3.05) is 19.6 Å². The predicted octanol–water partition coefficient (Wildman–Crippen LogP) is 2.35. The summed E-state index contributed by atoms with van der Waals surface area (Å²) in [7, 11) is 0. The van der Waals surface area contributed by atoms with Gasteiger partial charge in [-0.3, -0.25) is 19.7 Å². The highest BCUT2D eigenvalue weighted by Gasteiger charge is 2.41. The Balaban J connectivity index is 1.44. The maximum absolute atomic E-state index is 12.5. The first kappa shape index (κ1) is 18.4. The van der Waals surface area contributed by atoms with Crippen LogP contribution in [-0.4, -0.2) is 54.9 Å². The van der Waals surface area contributed by atoms with Gasteiger partial charge in [0.25, 0.3) is 0 Å². The van der Waals surface area contributed by atoms with Crippen molar-refractivity contribution in [2.45, 2.75) is 52.6 Å². The van der Waals surface area contributed by atoms with E-state index in [-0.39, 0.29) is 11.3 Å². The maximum Gasteiger partial charge on any atom is 0.222 e. The Morgan fingerprint density at radius 3 is 2.78 bits per heavy atom. The molecule has 0 radical (unpaired) electrons. The quantitative estimate of drug-likeness (QED) is 0.803. The van der Waals surface area contributed by atoms with Gasteiger partial charge in [0, 0.05) is 37.7 Å². The molecule has 2 aromatic rings. The lowest BCUT2D eigenvalue weighted by Gasteiger charge is -2.48. The fourth-order valence-electron chi connectivity index (χ4n) is 4.32. The van der Waals surface area contributed by atoms with Gasteiger partial charge in [-0.2, -0.15) is 0 Å². The lowest BCUT2D eigenvalue weighted by atomic mass is 9.73. The summed E-state index contributed by atoms with van der Waals surface area (Å²) in [6.45, 7) is 8.40. The second-order valence-corrected chi connectivity index (χ2v) is 8.83. The molecule has 1 unspecified atom stereocenters. The maximum atomic E-state index is 12.5. The smallest absolute Gasteiger partial charge is 0.222 e. The third kappa shape index (κ3) is 4.16. The zero-order valence-electron chi connectivity index (χ0n) is 16.0. The third-order valence-corrected chi connectivity index (χ3v) is 6.60. The van der Waals surface area contributed by atoms with Crippen LogP contribution in [0.15, 0.2) is 12.4 Å². The first-order valence-corrected chi connectivity index (χ1v) is 10.4. The van der Waals surface area contributed by atoms with Crippen LogP contribution in [0, 0.1) is 19.3 Å². The third-order valence-electron chi connectivity index (χ3n) is 5.79. The summed E-state index contributed by atoms with van der Waals surface area (Å²) in [4.78, 5) is 27.0. The SMILES string of the molecule is Cc1cnc(CN2CC3(CCCN(Cc4snnc4C)C3)CCC2=O)cn1. The molecular formula is C19H26N6OS. The number of likely N-dealkylation sites (tertiary alicyclic amines) is 2. The number of aromatic nitrogens is 4. The van der Waals surface area contributed by atoms with Gasteiger partial charge in [-0.15, -0.1) is 5.10 Å². The van der Waals surface area contributed by atoms with Crippen LogP contribution in [0.3, 0.4) is 0 Å². The Labute approximate surface area is 164 Å². The van der Waals surface area contributed by atoms with E-state index in [1.807, 2.05) is 18.7 Å². The van der Waals surface area contributed by atoms with E-state index in [0.717, 1.165) is 49.7 Å². The molecule has 144 valence electrons. The number of rotatable bonds is 4. The van der Waals surface area contributed by atoms with E-state index in [4.69, 9.17) is 0 Å². The van der Waals surface area contributed by atoms with E-state index < -0.39 is 0 Å². The molecule has 2 fully saturated rings. The number of hydrogen-bond acceptors (Lipinski definition) is 7. The first-order chi connectivity index (χ1) is 13.0. The van der Waals surface area contributed by atoms with Gasteiger partial charge in [-0.05, 0) is 51.2 Å². The van der Waals surface area contributed by atoms with Crippen LogP contribution in [0.2, 0.25) is 0 Å². The van der Waals surface area contributed by atoms with Crippen LogP contribution in [0.4, 0.5) is 0 Å². The van der Waals surface area contributed by atoms with Gasteiger partial charge < -0.3 is 4.90 Å². The fourth-order valence-corrected chi connectivity index (χ4v) is 5.00. The van der Waals surface area contributed by atoms with Crippen LogP contribution in [0.1, 0.15) is 47.6 Å². The number of nitrogens with zero attached hydrogens (tertiary/aromatic N) is 6. The average Bonchev–Trinajstić information content (AvgIpc) is 3.05. The predicted molar refractivity (Wildman–Crippen MR) is 103 cm³/mol. The van der Waals surface area contributed by atoms with Crippen molar-refractivity contribution in [1.29, 1.82) is 0 Å². The fraction of sp³-hybridized carbons (Fsp3) is 0.632. The van der Waals surface area contributed by atoms with Crippen LogP contribution in [0.25, 0.3) is 0 Å². The molecule has 2 aromatic heterocycles. The van der Waals surface area contributed by atoms with Gasteiger partial charge in [0.2, 0.25) is 5.91 Å². The van der Waals surface area contributed by atoms with Crippen molar-refractivity contribution in [3.05, 3.63) is 34.4 Å². The summed E-state index contributed by atoms with van der Waals surface area (Å²) in [6.07, 6.45) is 7.54. The molecule has 4 heterocycles. The molecule has 8 heteroatoms. The molecule has 2 aliphatic rings. The molecule has 1 spiro atoms. The van der Waals surface area contributed by atoms with Gasteiger partial charge >= 0.3 is 0 Å². The van der Waals surface area contributed by atoms with E-state index in [1.54, 1.807) is 12.4 Å². The second-order valence-electron chi connectivity index (χ2n) is 7.99. The van der Waals surface area contributed by atoms with E-state index in [1.165, 1.54) is 29.3 Å². The van der Waals surface area contributed by atoms with Crippen molar-refractivity contribution < 1.29 is 4.79 Å². The Kier molecular flexibility index (Phi) is 5.19. The van der Waals surface area contributed by atoms with Gasteiger partial charge in [0.15, 0.2) is 0 Å². The molecule has 7 nitrogen and oxygen atoms in total. The summed E-state index contributed by atoms with van der Waals surface area (Å²) in [5.41, 5.74) is 3.00. The highest BCUT2D eigenvalue weighted by atomic mass is 32.1. The molecule has 27 heavy (non-hydrogen) atoms. The summed E-state index contributed by atoms with van der Waals surface area (Å²) in [5, 5.41) is 4.14. The molecular weight excluding hydrogens is 360 g/mol. The van der Waals surface area contributed by atoms with Crippen LogP contribution < -0.4 is 0 Å². The monoisotopic (exact) mass is 386 g/mol. The van der Waals surface area contributed by atoms with Crippen molar-refractivity contribution in [3.63, 3.8) is 0 Å².